The van der Waals surface area contributed by atoms with Gasteiger partial charge in [-0.25, -0.2) is 4.39 Å². The number of aryl methyl sites for hydroxylation is 1. The minimum Gasteiger partial charge on any atom is -0.454 e. The predicted octanol–water partition coefficient (Wildman–Crippen LogP) is 3.65. The van der Waals surface area contributed by atoms with E-state index in [4.69, 9.17) is 9.47 Å². The molecule has 1 aliphatic rings. The largest absolute Gasteiger partial charge is 0.454 e. The highest BCUT2D eigenvalue weighted by Crippen LogP contribution is 2.32. The molecule has 0 saturated carbocycles. The van der Waals surface area contributed by atoms with Crippen LogP contribution in [0.15, 0.2) is 48.5 Å². The lowest BCUT2D eigenvalue weighted by Gasteiger charge is -2.17. The number of rotatable bonds is 6. The summed E-state index contributed by atoms with van der Waals surface area (Å²) in [5, 5.41) is 7.28. The van der Waals surface area contributed by atoms with Crippen LogP contribution in [0.4, 0.5) is 4.39 Å². The zero-order valence-electron chi connectivity index (χ0n) is 15.4. The van der Waals surface area contributed by atoms with Gasteiger partial charge < -0.3 is 14.4 Å². The maximum Gasteiger partial charge on any atom is 0.253 e. The van der Waals surface area contributed by atoms with Crippen molar-refractivity contribution in [1.82, 2.24) is 15.1 Å². The summed E-state index contributed by atoms with van der Waals surface area (Å²) in [6.45, 7) is 0.797. The number of aromatic nitrogens is 2. The number of benzene rings is 2. The molecule has 0 aliphatic carbocycles. The van der Waals surface area contributed by atoms with Gasteiger partial charge in [-0.2, -0.15) is 5.10 Å². The van der Waals surface area contributed by atoms with Crippen molar-refractivity contribution in [1.29, 1.82) is 0 Å². The Morgan fingerprint density at radius 2 is 1.93 bits per heavy atom. The normalized spacial score (nSPS) is 12.2. The Bertz CT molecular complexity index is 985. The fourth-order valence-electron chi connectivity index (χ4n) is 3.12. The second-order valence-electron chi connectivity index (χ2n) is 6.68. The summed E-state index contributed by atoms with van der Waals surface area (Å²) in [6, 6.07) is 13.4. The van der Waals surface area contributed by atoms with Crippen LogP contribution in [0.2, 0.25) is 0 Å². The maximum absolute atomic E-state index is 13.0. The van der Waals surface area contributed by atoms with Crippen LogP contribution in [-0.2, 0) is 6.42 Å². The molecular weight excluding hydrogens is 361 g/mol. The smallest absolute Gasteiger partial charge is 0.253 e. The Morgan fingerprint density at radius 1 is 1.14 bits per heavy atom. The molecule has 144 valence electrons. The Kier molecular flexibility index (Phi) is 4.97. The molecule has 0 spiro atoms. The number of fused-ring (bicyclic) bond motifs is 1. The highest BCUT2D eigenvalue weighted by Gasteiger charge is 2.18. The fraction of sp³-hybridized carbons (Fsp3) is 0.238. The zero-order valence-corrected chi connectivity index (χ0v) is 15.4. The molecule has 4 rings (SSSR count). The number of hydrogen-bond donors (Lipinski definition) is 1. The van der Waals surface area contributed by atoms with Crippen molar-refractivity contribution in [3.63, 3.8) is 0 Å². The average Bonchev–Trinajstić information content (AvgIpc) is 3.36. The molecule has 3 aromatic rings. The number of halogens is 1. The molecule has 2 aromatic carbocycles. The van der Waals surface area contributed by atoms with Crippen LogP contribution in [0.5, 0.6) is 11.5 Å². The van der Waals surface area contributed by atoms with Crippen molar-refractivity contribution >= 4 is 5.91 Å². The van der Waals surface area contributed by atoms with E-state index in [0.29, 0.717) is 23.6 Å². The van der Waals surface area contributed by atoms with Gasteiger partial charge in [-0.15, -0.1) is 0 Å². The van der Waals surface area contributed by atoms with Crippen molar-refractivity contribution < 1.29 is 18.7 Å². The van der Waals surface area contributed by atoms with Gasteiger partial charge >= 0.3 is 0 Å². The van der Waals surface area contributed by atoms with Gasteiger partial charge in [0.05, 0.1) is 5.69 Å². The van der Waals surface area contributed by atoms with Gasteiger partial charge in [0.25, 0.3) is 5.91 Å². The third kappa shape index (κ3) is 3.83. The van der Waals surface area contributed by atoms with E-state index in [1.165, 1.54) is 12.1 Å². The van der Waals surface area contributed by atoms with Crippen molar-refractivity contribution in [2.24, 2.45) is 0 Å². The number of nitrogens with one attached hydrogen (secondary N) is 1. The topological polar surface area (TPSA) is 67.5 Å². The van der Waals surface area contributed by atoms with E-state index in [0.717, 1.165) is 29.8 Å². The van der Waals surface area contributed by atoms with Crippen LogP contribution >= 0.6 is 0 Å². The number of aromatic amines is 1. The van der Waals surface area contributed by atoms with Gasteiger partial charge in [-0.3, -0.25) is 9.89 Å². The standard InChI is InChI=1S/C21H20FN3O3/c1-25(21(26)15-6-9-19-20(11-15)28-13-27-19)10-2-3-17-12-18(24-23-17)14-4-7-16(22)8-5-14/h4-9,11-12H,2-3,10,13H2,1H3,(H,23,24). The molecular formula is C21H20FN3O3. The van der Waals surface area contributed by atoms with Crippen LogP contribution < -0.4 is 9.47 Å². The van der Waals surface area contributed by atoms with E-state index in [-0.39, 0.29) is 18.5 Å². The lowest BCUT2D eigenvalue weighted by Crippen LogP contribution is -2.28. The number of carbonyl (C=O) groups excluding carboxylic acids is 1. The fourth-order valence-corrected chi connectivity index (χ4v) is 3.12. The molecule has 0 unspecified atom stereocenters. The van der Waals surface area contributed by atoms with Gasteiger partial charge in [0.1, 0.15) is 5.82 Å². The molecule has 0 radical (unpaired) electrons. The highest BCUT2D eigenvalue weighted by atomic mass is 19.1. The maximum atomic E-state index is 13.0. The molecule has 1 N–H and O–H groups in total. The molecule has 0 fully saturated rings. The second-order valence-corrected chi connectivity index (χ2v) is 6.68. The molecule has 1 amide bonds. The van der Waals surface area contributed by atoms with Crippen LogP contribution in [0.25, 0.3) is 11.3 Å². The summed E-state index contributed by atoms with van der Waals surface area (Å²) >= 11 is 0. The highest BCUT2D eigenvalue weighted by molar-refractivity contribution is 5.94. The van der Waals surface area contributed by atoms with Gasteiger partial charge in [0, 0.05) is 30.4 Å². The molecule has 1 aliphatic heterocycles. The van der Waals surface area contributed by atoms with Crippen LogP contribution in [-0.4, -0.2) is 41.4 Å². The molecule has 7 heteroatoms. The molecule has 2 heterocycles. The van der Waals surface area contributed by atoms with Gasteiger partial charge in [-0.05, 0) is 61.4 Å². The third-order valence-electron chi connectivity index (χ3n) is 4.68. The number of hydrogen-bond acceptors (Lipinski definition) is 4. The number of carbonyl (C=O) groups is 1. The van der Waals surface area contributed by atoms with Crippen molar-refractivity contribution in [3.8, 4) is 22.8 Å². The Hall–Kier alpha value is -3.35. The monoisotopic (exact) mass is 381 g/mol. The molecule has 1 aromatic heterocycles. The summed E-state index contributed by atoms with van der Waals surface area (Å²) in [4.78, 5) is 14.3. The number of amides is 1. The first-order valence-electron chi connectivity index (χ1n) is 9.05. The second kappa shape index (κ2) is 7.72. The minimum absolute atomic E-state index is 0.0603. The first kappa shape index (κ1) is 18.0. The number of nitrogens with zero attached hydrogens (tertiary/aromatic N) is 2. The quantitative estimate of drug-likeness (QED) is 0.708. The summed E-state index contributed by atoms with van der Waals surface area (Å²) in [5.41, 5.74) is 3.19. The van der Waals surface area contributed by atoms with E-state index in [9.17, 15) is 9.18 Å². The predicted molar refractivity (Wildman–Crippen MR) is 102 cm³/mol. The molecule has 0 atom stereocenters. The Morgan fingerprint density at radius 3 is 2.75 bits per heavy atom. The zero-order chi connectivity index (χ0) is 19.5. The summed E-state index contributed by atoms with van der Waals surface area (Å²) in [7, 11) is 1.78. The van der Waals surface area contributed by atoms with Gasteiger partial charge in [-0.1, -0.05) is 0 Å². The SMILES string of the molecule is CN(CCCc1cc(-c2ccc(F)cc2)n[nH]1)C(=O)c1ccc2c(c1)OCO2. The van der Waals surface area contributed by atoms with E-state index < -0.39 is 0 Å². The third-order valence-corrected chi connectivity index (χ3v) is 4.68. The summed E-state index contributed by atoms with van der Waals surface area (Å²) in [6.07, 6.45) is 1.55. The number of H-pyrrole nitrogens is 1. The lowest BCUT2D eigenvalue weighted by atomic mass is 10.1. The van der Waals surface area contributed by atoms with Crippen LogP contribution in [0, 0.1) is 5.82 Å². The molecule has 28 heavy (non-hydrogen) atoms. The first-order chi connectivity index (χ1) is 13.6. The van der Waals surface area contributed by atoms with Gasteiger partial charge in [0.15, 0.2) is 11.5 Å². The molecule has 6 nitrogen and oxygen atoms in total. The van der Waals surface area contributed by atoms with Crippen LogP contribution in [0.3, 0.4) is 0 Å². The lowest BCUT2D eigenvalue weighted by molar-refractivity contribution is 0.0793. The Labute approximate surface area is 161 Å². The van der Waals surface area contributed by atoms with E-state index in [1.54, 1.807) is 42.3 Å². The van der Waals surface area contributed by atoms with Crippen molar-refractivity contribution in [2.45, 2.75) is 12.8 Å². The van der Waals surface area contributed by atoms with Crippen molar-refractivity contribution in [2.75, 3.05) is 20.4 Å². The first-order valence-corrected chi connectivity index (χ1v) is 9.05. The van der Waals surface area contributed by atoms with E-state index in [2.05, 4.69) is 10.2 Å². The summed E-state index contributed by atoms with van der Waals surface area (Å²) in [5.74, 6) is 0.935. The molecule has 0 bridgehead atoms. The van der Waals surface area contributed by atoms with Crippen molar-refractivity contribution in [3.05, 3.63) is 65.6 Å². The van der Waals surface area contributed by atoms with Crippen LogP contribution in [0.1, 0.15) is 22.5 Å². The number of ether oxygens (including phenoxy) is 2. The summed E-state index contributed by atoms with van der Waals surface area (Å²) < 4.78 is 23.6. The van der Waals surface area contributed by atoms with Gasteiger partial charge in [0.2, 0.25) is 6.79 Å². The average molecular weight is 381 g/mol. The Balaban J connectivity index is 1.31. The van der Waals surface area contributed by atoms with E-state index in [1.807, 2.05) is 6.07 Å². The molecule has 0 saturated heterocycles. The van der Waals surface area contributed by atoms with E-state index >= 15 is 0 Å². The minimum atomic E-state index is -0.269.